The van der Waals surface area contributed by atoms with Gasteiger partial charge in [0.15, 0.2) is 0 Å². The Kier molecular flexibility index (Phi) is 4.34. The van der Waals surface area contributed by atoms with Crippen LogP contribution in [0.25, 0.3) is 0 Å². The summed E-state index contributed by atoms with van der Waals surface area (Å²) >= 11 is 0. The number of sulfone groups is 1. The summed E-state index contributed by atoms with van der Waals surface area (Å²) in [4.78, 5) is 0. The van der Waals surface area contributed by atoms with Crippen LogP contribution in [0.5, 0.6) is 0 Å². The molecule has 0 aromatic carbocycles. The van der Waals surface area contributed by atoms with E-state index in [0.717, 1.165) is 25.9 Å². The third-order valence-electron chi connectivity index (χ3n) is 2.87. The van der Waals surface area contributed by atoms with E-state index in [1.165, 1.54) is 6.26 Å². The van der Waals surface area contributed by atoms with Crippen molar-refractivity contribution in [2.24, 2.45) is 17.6 Å². The molecule has 0 radical (unpaired) electrons. The van der Waals surface area contributed by atoms with Crippen LogP contribution in [0.2, 0.25) is 0 Å². The molecule has 0 amide bonds. The third kappa shape index (κ3) is 3.94. The fraction of sp³-hybridized carbons (Fsp3) is 1.00. The number of hydrogen-bond acceptors (Lipinski definition) is 4. The van der Waals surface area contributed by atoms with Gasteiger partial charge in [-0.25, -0.2) is 8.42 Å². The molecule has 1 atom stereocenters. The maximum absolute atomic E-state index is 11.2. The summed E-state index contributed by atoms with van der Waals surface area (Å²) in [6, 6.07) is 0. The van der Waals surface area contributed by atoms with E-state index in [9.17, 15) is 8.42 Å². The first-order valence-corrected chi connectivity index (χ1v) is 7.17. The highest BCUT2D eigenvalue weighted by atomic mass is 32.2. The number of rotatable bonds is 4. The van der Waals surface area contributed by atoms with Gasteiger partial charge in [-0.15, -0.1) is 0 Å². The van der Waals surface area contributed by atoms with E-state index in [1.807, 2.05) is 0 Å². The first-order chi connectivity index (χ1) is 6.53. The standard InChI is InChI=1S/C9H20N2O2S/c1-14(12,13)7-9(6-10)8-2-4-11-5-3-8/h8-9,11H,2-7,10H2,1H3. The van der Waals surface area contributed by atoms with Gasteiger partial charge in [-0.3, -0.25) is 0 Å². The Morgan fingerprint density at radius 3 is 2.43 bits per heavy atom. The molecule has 0 spiro atoms. The summed E-state index contributed by atoms with van der Waals surface area (Å²) in [5.41, 5.74) is 5.63. The maximum atomic E-state index is 11.2. The van der Waals surface area contributed by atoms with Crippen LogP contribution in [0.4, 0.5) is 0 Å². The number of nitrogens with two attached hydrogens (primary N) is 1. The van der Waals surface area contributed by atoms with Crippen molar-refractivity contribution in [1.29, 1.82) is 0 Å². The first kappa shape index (κ1) is 11.9. The second kappa shape index (κ2) is 5.09. The van der Waals surface area contributed by atoms with Gasteiger partial charge >= 0.3 is 0 Å². The third-order valence-corrected chi connectivity index (χ3v) is 3.90. The summed E-state index contributed by atoms with van der Waals surface area (Å²) < 4.78 is 22.3. The van der Waals surface area contributed by atoms with Crippen LogP contribution in [0.3, 0.4) is 0 Å². The van der Waals surface area contributed by atoms with Gasteiger partial charge in [-0.2, -0.15) is 0 Å². The van der Waals surface area contributed by atoms with E-state index < -0.39 is 9.84 Å². The average molecular weight is 220 g/mol. The highest BCUT2D eigenvalue weighted by Gasteiger charge is 2.25. The quantitative estimate of drug-likeness (QED) is 0.676. The lowest BCUT2D eigenvalue weighted by molar-refractivity contribution is 0.282. The Hall–Kier alpha value is -0.130. The predicted molar refractivity (Wildman–Crippen MR) is 57.8 cm³/mol. The fourth-order valence-corrected chi connectivity index (χ4v) is 3.29. The van der Waals surface area contributed by atoms with E-state index >= 15 is 0 Å². The predicted octanol–water partition coefficient (Wildman–Crippen LogP) is -0.394. The van der Waals surface area contributed by atoms with E-state index in [-0.39, 0.29) is 11.7 Å². The van der Waals surface area contributed by atoms with Gasteiger partial charge in [0, 0.05) is 6.26 Å². The van der Waals surface area contributed by atoms with Crippen LogP contribution < -0.4 is 11.1 Å². The molecule has 3 N–H and O–H groups in total. The highest BCUT2D eigenvalue weighted by molar-refractivity contribution is 7.90. The average Bonchev–Trinajstić information content (AvgIpc) is 2.14. The second-order valence-electron chi connectivity index (χ2n) is 4.18. The van der Waals surface area contributed by atoms with E-state index in [1.54, 1.807) is 0 Å². The zero-order valence-corrected chi connectivity index (χ0v) is 9.52. The van der Waals surface area contributed by atoms with Gasteiger partial charge in [0.25, 0.3) is 0 Å². The number of hydrogen-bond donors (Lipinski definition) is 2. The van der Waals surface area contributed by atoms with Crippen molar-refractivity contribution in [3.63, 3.8) is 0 Å². The molecule has 0 bridgehead atoms. The van der Waals surface area contributed by atoms with Gasteiger partial charge in [0.2, 0.25) is 0 Å². The summed E-state index contributed by atoms with van der Waals surface area (Å²) in [6.45, 7) is 2.47. The Labute approximate surface area is 86.2 Å². The summed E-state index contributed by atoms with van der Waals surface area (Å²) in [6.07, 6.45) is 3.39. The topological polar surface area (TPSA) is 72.2 Å². The molecule has 14 heavy (non-hydrogen) atoms. The van der Waals surface area contributed by atoms with Crippen molar-refractivity contribution in [2.45, 2.75) is 12.8 Å². The van der Waals surface area contributed by atoms with Crippen molar-refractivity contribution in [3.05, 3.63) is 0 Å². The zero-order chi connectivity index (χ0) is 10.6. The molecule has 1 fully saturated rings. The number of nitrogens with one attached hydrogen (secondary N) is 1. The molecule has 1 heterocycles. The SMILES string of the molecule is CS(=O)(=O)CC(CN)C1CCNCC1. The lowest BCUT2D eigenvalue weighted by Gasteiger charge is -2.29. The maximum Gasteiger partial charge on any atom is 0.147 e. The number of piperidine rings is 1. The lowest BCUT2D eigenvalue weighted by atomic mass is 9.86. The molecular formula is C9H20N2O2S. The van der Waals surface area contributed by atoms with Gasteiger partial charge < -0.3 is 11.1 Å². The molecule has 0 aromatic rings. The normalized spacial score (nSPS) is 22.1. The lowest BCUT2D eigenvalue weighted by Crippen LogP contribution is -2.37. The Morgan fingerprint density at radius 1 is 1.43 bits per heavy atom. The zero-order valence-electron chi connectivity index (χ0n) is 8.70. The fourth-order valence-electron chi connectivity index (χ4n) is 2.10. The van der Waals surface area contributed by atoms with Crippen molar-refractivity contribution in [1.82, 2.24) is 5.32 Å². The molecule has 1 aliphatic rings. The molecule has 0 aromatic heterocycles. The van der Waals surface area contributed by atoms with Crippen molar-refractivity contribution < 1.29 is 8.42 Å². The van der Waals surface area contributed by atoms with Crippen LogP contribution in [-0.4, -0.2) is 40.1 Å². The molecule has 4 nitrogen and oxygen atoms in total. The Bertz CT molecular complexity index is 258. The van der Waals surface area contributed by atoms with Gasteiger partial charge in [0.1, 0.15) is 9.84 Å². The van der Waals surface area contributed by atoms with Crippen molar-refractivity contribution in [2.75, 3.05) is 31.6 Å². The van der Waals surface area contributed by atoms with Crippen LogP contribution in [0.15, 0.2) is 0 Å². The summed E-state index contributed by atoms with van der Waals surface area (Å²) in [5.74, 6) is 0.872. The monoisotopic (exact) mass is 220 g/mol. The van der Waals surface area contributed by atoms with Gasteiger partial charge in [-0.1, -0.05) is 0 Å². The van der Waals surface area contributed by atoms with Crippen LogP contribution >= 0.6 is 0 Å². The van der Waals surface area contributed by atoms with Crippen LogP contribution in [-0.2, 0) is 9.84 Å². The van der Waals surface area contributed by atoms with E-state index in [0.29, 0.717) is 12.5 Å². The minimum Gasteiger partial charge on any atom is -0.330 e. The smallest absolute Gasteiger partial charge is 0.147 e. The van der Waals surface area contributed by atoms with Crippen molar-refractivity contribution >= 4 is 9.84 Å². The Morgan fingerprint density at radius 2 is 2.00 bits per heavy atom. The molecule has 84 valence electrons. The summed E-state index contributed by atoms with van der Waals surface area (Å²) in [7, 11) is -2.89. The van der Waals surface area contributed by atoms with Crippen LogP contribution in [0, 0.1) is 11.8 Å². The van der Waals surface area contributed by atoms with Crippen molar-refractivity contribution in [3.8, 4) is 0 Å². The first-order valence-electron chi connectivity index (χ1n) is 5.11. The second-order valence-corrected chi connectivity index (χ2v) is 6.36. The van der Waals surface area contributed by atoms with Gasteiger partial charge in [-0.05, 0) is 44.3 Å². The summed E-state index contributed by atoms with van der Waals surface area (Å²) in [5, 5.41) is 3.27. The molecule has 1 aliphatic heterocycles. The molecular weight excluding hydrogens is 200 g/mol. The largest absolute Gasteiger partial charge is 0.330 e. The molecule has 1 unspecified atom stereocenters. The van der Waals surface area contributed by atoms with Crippen LogP contribution in [0.1, 0.15) is 12.8 Å². The van der Waals surface area contributed by atoms with E-state index in [4.69, 9.17) is 5.73 Å². The molecule has 5 heteroatoms. The highest BCUT2D eigenvalue weighted by Crippen LogP contribution is 2.22. The molecule has 0 aliphatic carbocycles. The molecule has 0 saturated carbocycles. The van der Waals surface area contributed by atoms with E-state index in [2.05, 4.69) is 5.32 Å². The molecule has 1 rings (SSSR count). The Balaban J connectivity index is 2.52. The molecule has 1 saturated heterocycles. The van der Waals surface area contributed by atoms with Gasteiger partial charge in [0.05, 0.1) is 5.75 Å². The minimum atomic E-state index is -2.89. The minimum absolute atomic E-state index is 0.145.